The molecule has 1 unspecified atom stereocenters. The number of anilines is 1. The zero-order valence-corrected chi connectivity index (χ0v) is 13.6. The molecule has 112 valence electrons. The number of imidazole rings is 1. The lowest BCUT2D eigenvalue weighted by Gasteiger charge is -2.26. The van der Waals surface area contributed by atoms with Crippen LogP contribution in [0, 0.1) is 11.3 Å². The Balaban J connectivity index is 1.94. The van der Waals surface area contributed by atoms with Gasteiger partial charge < -0.3 is 11.1 Å². The molecule has 0 saturated carbocycles. The van der Waals surface area contributed by atoms with Crippen LogP contribution in [0.3, 0.4) is 0 Å². The summed E-state index contributed by atoms with van der Waals surface area (Å²) in [5.74, 6) is 1.06. The van der Waals surface area contributed by atoms with Crippen LogP contribution in [0.25, 0.3) is 16.9 Å². The van der Waals surface area contributed by atoms with E-state index in [2.05, 4.69) is 32.3 Å². The van der Waals surface area contributed by atoms with Gasteiger partial charge in [-0.25, -0.2) is 4.98 Å². The molecule has 0 saturated heterocycles. The van der Waals surface area contributed by atoms with Crippen molar-refractivity contribution in [3.63, 3.8) is 0 Å². The Morgan fingerprint density at radius 2 is 2.04 bits per heavy atom. The number of hydrogen-bond acceptors (Lipinski definition) is 4. The maximum absolute atomic E-state index is 9.62. The van der Waals surface area contributed by atoms with E-state index >= 15 is 0 Å². The number of aromatic nitrogens is 2. The van der Waals surface area contributed by atoms with Crippen LogP contribution in [0.4, 0.5) is 5.95 Å². The SMILES string of the molecule is N#CC1=C(N)n2c(nc3ccccc32)NC1c1cccc(Br)c1. The van der Waals surface area contributed by atoms with Gasteiger partial charge in [0, 0.05) is 4.47 Å². The van der Waals surface area contributed by atoms with E-state index in [0.717, 1.165) is 21.1 Å². The van der Waals surface area contributed by atoms with Gasteiger partial charge in [-0.3, -0.25) is 4.57 Å². The summed E-state index contributed by atoms with van der Waals surface area (Å²) in [5.41, 5.74) is 9.47. The number of fused-ring (bicyclic) bond motifs is 3. The van der Waals surface area contributed by atoms with Crippen LogP contribution in [0.2, 0.25) is 0 Å². The first-order chi connectivity index (χ1) is 11.2. The molecule has 1 aromatic heterocycles. The van der Waals surface area contributed by atoms with E-state index in [0.29, 0.717) is 17.3 Å². The molecule has 0 amide bonds. The maximum Gasteiger partial charge on any atom is 0.210 e. The highest BCUT2D eigenvalue weighted by atomic mass is 79.9. The average Bonchev–Trinajstić information content (AvgIpc) is 2.93. The van der Waals surface area contributed by atoms with E-state index in [1.54, 1.807) is 4.57 Å². The van der Waals surface area contributed by atoms with Crippen molar-refractivity contribution in [1.82, 2.24) is 9.55 Å². The summed E-state index contributed by atoms with van der Waals surface area (Å²) in [6, 6.07) is 17.5. The molecule has 1 aliphatic heterocycles. The van der Waals surface area contributed by atoms with Gasteiger partial charge in [-0.15, -0.1) is 0 Å². The molecule has 0 radical (unpaired) electrons. The van der Waals surface area contributed by atoms with Gasteiger partial charge >= 0.3 is 0 Å². The number of nitrogens with one attached hydrogen (secondary N) is 1. The maximum atomic E-state index is 9.62. The van der Waals surface area contributed by atoms with Crippen LogP contribution in [-0.4, -0.2) is 9.55 Å². The molecular formula is C17H12BrN5. The second-order valence-corrected chi connectivity index (χ2v) is 6.22. The molecular weight excluding hydrogens is 354 g/mol. The Labute approximate surface area is 141 Å². The summed E-state index contributed by atoms with van der Waals surface area (Å²) in [7, 11) is 0. The van der Waals surface area contributed by atoms with Crippen LogP contribution in [0.1, 0.15) is 11.6 Å². The number of nitrogens with zero attached hydrogens (tertiary/aromatic N) is 3. The second-order valence-electron chi connectivity index (χ2n) is 5.30. The molecule has 3 N–H and O–H groups in total. The first-order valence-corrected chi connectivity index (χ1v) is 7.88. The first-order valence-electron chi connectivity index (χ1n) is 7.08. The standard InChI is InChI=1S/C17H12BrN5/c18-11-5-3-4-10(8-11)15-12(9-19)16(20)23-14-7-2-1-6-13(14)21-17(23)22-15/h1-8,15H,20H2,(H,21,22). The van der Waals surface area contributed by atoms with Gasteiger partial charge in [0.15, 0.2) is 0 Å². The molecule has 5 nitrogen and oxygen atoms in total. The van der Waals surface area contributed by atoms with E-state index in [-0.39, 0.29) is 6.04 Å². The van der Waals surface area contributed by atoms with Crippen molar-refractivity contribution >= 4 is 38.7 Å². The molecule has 0 bridgehead atoms. The van der Waals surface area contributed by atoms with Crippen molar-refractivity contribution in [2.45, 2.75) is 6.04 Å². The molecule has 3 aromatic rings. The Bertz CT molecular complexity index is 996. The average molecular weight is 366 g/mol. The van der Waals surface area contributed by atoms with Crippen molar-refractivity contribution in [3.8, 4) is 6.07 Å². The van der Waals surface area contributed by atoms with Gasteiger partial charge in [-0.2, -0.15) is 5.26 Å². The summed E-state index contributed by atoms with van der Waals surface area (Å²) in [4.78, 5) is 4.59. The van der Waals surface area contributed by atoms with Crippen LogP contribution < -0.4 is 11.1 Å². The summed E-state index contributed by atoms with van der Waals surface area (Å²) >= 11 is 3.47. The minimum Gasteiger partial charge on any atom is -0.384 e. The summed E-state index contributed by atoms with van der Waals surface area (Å²) in [6.07, 6.45) is 0. The largest absolute Gasteiger partial charge is 0.384 e. The Hall–Kier alpha value is -2.78. The lowest BCUT2D eigenvalue weighted by atomic mass is 9.98. The second kappa shape index (κ2) is 5.14. The minimum absolute atomic E-state index is 0.318. The molecule has 0 aliphatic carbocycles. The van der Waals surface area contributed by atoms with E-state index < -0.39 is 0 Å². The summed E-state index contributed by atoms with van der Waals surface area (Å²) in [5, 5.41) is 13.0. The number of halogens is 1. The Morgan fingerprint density at radius 1 is 1.22 bits per heavy atom. The lowest BCUT2D eigenvalue weighted by Crippen LogP contribution is -2.26. The van der Waals surface area contributed by atoms with E-state index in [9.17, 15) is 5.26 Å². The molecule has 2 heterocycles. The van der Waals surface area contributed by atoms with E-state index in [4.69, 9.17) is 5.73 Å². The predicted molar refractivity (Wildman–Crippen MR) is 93.3 cm³/mol. The predicted octanol–water partition coefficient (Wildman–Crippen LogP) is 3.62. The van der Waals surface area contributed by atoms with Crippen molar-refractivity contribution in [1.29, 1.82) is 5.26 Å². The molecule has 1 atom stereocenters. The highest BCUT2D eigenvalue weighted by Crippen LogP contribution is 2.36. The quantitative estimate of drug-likeness (QED) is 0.690. The van der Waals surface area contributed by atoms with Crippen LogP contribution in [-0.2, 0) is 0 Å². The number of rotatable bonds is 1. The fourth-order valence-corrected chi connectivity index (χ4v) is 3.31. The topological polar surface area (TPSA) is 79.7 Å². The van der Waals surface area contributed by atoms with Gasteiger partial charge in [0.2, 0.25) is 5.95 Å². The van der Waals surface area contributed by atoms with Gasteiger partial charge in [0.25, 0.3) is 0 Å². The number of benzene rings is 2. The van der Waals surface area contributed by atoms with Gasteiger partial charge in [-0.1, -0.05) is 40.2 Å². The molecule has 23 heavy (non-hydrogen) atoms. The molecule has 0 spiro atoms. The van der Waals surface area contributed by atoms with Crippen molar-refractivity contribution in [2.24, 2.45) is 5.73 Å². The highest BCUT2D eigenvalue weighted by Gasteiger charge is 2.29. The zero-order valence-electron chi connectivity index (χ0n) is 12.0. The molecule has 0 fully saturated rings. The van der Waals surface area contributed by atoms with Gasteiger partial charge in [-0.05, 0) is 29.8 Å². The molecule has 1 aliphatic rings. The van der Waals surface area contributed by atoms with Crippen molar-refractivity contribution in [2.75, 3.05) is 5.32 Å². The summed E-state index contributed by atoms with van der Waals surface area (Å²) in [6.45, 7) is 0. The van der Waals surface area contributed by atoms with Crippen molar-refractivity contribution in [3.05, 3.63) is 64.1 Å². The molecule has 6 heteroatoms. The molecule has 4 rings (SSSR count). The van der Waals surface area contributed by atoms with Gasteiger partial charge in [0.05, 0.1) is 22.6 Å². The van der Waals surface area contributed by atoms with E-state index in [1.807, 2.05) is 48.5 Å². The monoisotopic (exact) mass is 365 g/mol. The smallest absolute Gasteiger partial charge is 0.210 e. The minimum atomic E-state index is -0.318. The third kappa shape index (κ3) is 2.09. The summed E-state index contributed by atoms with van der Waals surface area (Å²) < 4.78 is 2.74. The van der Waals surface area contributed by atoms with Crippen LogP contribution >= 0.6 is 15.9 Å². The highest BCUT2D eigenvalue weighted by molar-refractivity contribution is 9.10. The fraction of sp³-hybridized carbons (Fsp3) is 0.0588. The van der Waals surface area contributed by atoms with Gasteiger partial charge in [0.1, 0.15) is 11.9 Å². The van der Waals surface area contributed by atoms with Crippen LogP contribution in [0.5, 0.6) is 0 Å². The number of nitriles is 1. The number of hydrogen-bond donors (Lipinski definition) is 2. The Kier molecular flexibility index (Phi) is 3.10. The van der Waals surface area contributed by atoms with Crippen molar-refractivity contribution < 1.29 is 0 Å². The number of para-hydroxylation sites is 2. The normalized spacial score (nSPS) is 16.8. The van der Waals surface area contributed by atoms with E-state index in [1.165, 1.54) is 0 Å². The van der Waals surface area contributed by atoms with Crippen LogP contribution in [0.15, 0.2) is 58.6 Å². The number of nitrogens with two attached hydrogens (primary N) is 1. The third-order valence-corrected chi connectivity index (χ3v) is 4.44. The lowest BCUT2D eigenvalue weighted by molar-refractivity contribution is 0.856. The first kappa shape index (κ1) is 13.9. The Morgan fingerprint density at radius 3 is 2.83 bits per heavy atom. The zero-order chi connectivity index (χ0) is 16.0. The fourth-order valence-electron chi connectivity index (χ4n) is 2.89. The third-order valence-electron chi connectivity index (χ3n) is 3.94. The molecule has 2 aromatic carbocycles.